The van der Waals surface area contributed by atoms with Crippen molar-refractivity contribution in [1.82, 2.24) is 0 Å². The Bertz CT molecular complexity index is 565. The van der Waals surface area contributed by atoms with Crippen LogP contribution in [-0.2, 0) is 0 Å². The van der Waals surface area contributed by atoms with Crippen LogP contribution in [0.15, 0.2) is 54.6 Å². The molecule has 0 atom stereocenters. The molecule has 0 N–H and O–H groups in total. The van der Waals surface area contributed by atoms with Gasteiger partial charge >= 0.3 is 0 Å². The topological polar surface area (TPSA) is 17.1 Å². The number of hydrogen-bond donors (Lipinski definition) is 0. The summed E-state index contributed by atoms with van der Waals surface area (Å²) in [6, 6.07) is 13.4. The van der Waals surface area contributed by atoms with E-state index in [4.69, 9.17) is 0 Å². The minimum atomic E-state index is -0.339. The zero-order valence-corrected chi connectivity index (χ0v) is 10.1. The molecule has 0 radical (unpaired) electrons. The van der Waals surface area contributed by atoms with Gasteiger partial charge in [-0.15, -0.1) is 0 Å². The number of ketones is 1. The van der Waals surface area contributed by atoms with E-state index >= 15 is 0 Å². The van der Waals surface area contributed by atoms with Crippen LogP contribution in [0, 0.1) is 12.7 Å². The van der Waals surface area contributed by atoms with Crippen molar-refractivity contribution in [3.8, 4) is 0 Å². The maximum atomic E-state index is 12.7. The van der Waals surface area contributed by atoms with Gasteiger partial charge in [-0.25, -0.2) is 4.39 Å². The summed E-state index contributed by atoms with van der Waals surface area (Å²) in [6.07, 6.45) is 3.25. The van der Waals surface area contributed by atoms with Crippen molar-refractivity contribution in [1.29, 1.82) is 0 Å². The maximum absolute atomic E-state index is 12.7. The average molecular weight is 240 g/mol. The van der Waals surface area contributed by atoms with Gasteiger partial charge in [0.15, 0.2) is 5.78 Å². The smallest absolute Gasteiger partial charge is 0.185 e. The molecule has 0 heterocycles. The molecule has 0 saturated heterocycles. The maximum Gasteiger partial charge on any atom is 0.185 e. The van der Waals surface area contributed by atoms with Crippen molar-refractivity contribution < 1.29 is 9.18 Å². The number of carbonyl (C=O) groups is 1. The first-order valence-electron chi connectivity index (χ1n) is 5.70. The molecule has 0 bridgehead atoms. The Morgan fingerprint density at radius 3 is 2.22 bits per heavy atom. The quantitative estimate of drug-likeness (QED) is 0.584. The molecule has 0 aliphatic carbocycles. The summed E-state index contributed by atoms with van der Waals surface area (Å²) in [7, 11) is 0. The van der Waals surface area contributed by atoms with Crippen LogP contribution in [0.4, 0.5) is 4.39 Å². The highest BCUT2D eigenvalue weighted by Gasteiger charge is 2.01. The number of allylic oxidation sites excluding steroid dienone is 1. The summed E-state index contributed by atoms with van der Waals surface area (Å²) in [4.78, 5) is 11.8. The Morgan fingerprint density at radius 2 is 1.61 bits per heavy atom. The van der Waals surface area contributed by atoms with Crippen LogP contribution < -0.4 is 0 Å². The first-order chi connectivity index (χ1) is 8.65. The first kappa shape index (κ1) is 12.2. The molecule has 0 aliphatic rings. The lowest BCUT2D eigenvalue weighted by Gasteiger charge is -1.96. The van der Waals surface area contributed by atoms with Crippen LogP contribution in [-0.4, -0.2) is 5.78 Å². The van der Waals surface area contributed by atoms with Gasteiger partial charge in [0.25, 0.3) is 0 Å². The highest BCUT2D eigenvalue weighted by molar-refractivity contribution is 6.06. The van der Waals surface area contributed by atoms with Crippen molar-refractivity contribution in [3.05, 3.63) is 77.1 Å². The minimum Gasteiger partial charge on any atom is -0.289 e. The van der Waals surface area contributed by atoms with E-state index in [2.05, 4.69) is 0 Å². The van der Waals surface area contributed by atoms with E-state index in [1.807, 2.05) is 31.2 Å². The Labute approximate surface area is 106 Å². The minimum absolute atomic E-state index is 0.129. The monoisotopic (exact) mass is 240 g/mol. The summed E-state index contributed by atoms with van der Waals surface area (Å²) in [5.41, 5.74) is 2.63. The van der Waals surface area contributed by atoms with Gasteiger partial charge in [0.05, 0.1) is 0 Å². The van der Waals surface area contributed by atoms with Gasteiger partial charge in [-0.05, 0) is 42.8 Å². The second-order valence-corrected chi connectivity index (χ2v) is 4.12. The predicted octanol–water partition coefficient (Wildman–Crippen LogP) is 4.03. The third-order valence-electron chi connectivity index (χ3n) is 2.63. The second kappa shape index (κ2) is 5.41. The molecule has 0 fully saturated rings. The van der Waals surface area contributed by atoms with Gasteiger partial charge < -0.3 is 0 Å². The lowest BCUT2D eigenvalue weighted by Crippen LogP contribution is -1.93. The number of rotatable bonds is 3. The molecule has 0 spiro atoms. The van der Waals surface area contributed by atoms with Crippen molar-refractivity contribution >= 4 is 11.9 Å². The molecule has 0 saturated carbocycles. The van der Waals surface area contributed by atoms with Crippen molar-refractivity contribution in [2.24, 2.45) is 0 Å². The zero-order chi connectivity index (χ0) is 13.0. The highest BCUT2D eigenvalue weighted by atomic mass is 19.1. The SMILES string of the molecule is Cc1ccc(/C=C\C(=O)c2ccc(F)cc2)cc1. The zero-order valence-electron chi connectivity index (χ0n) is 10.1. The van der Waals surface area contributed by atoms with E-state index in [0.717, 1.165) is 5.56 Å². The van der Waals surface area contributed by atoms with Crippen LogP contribution >= 0.6 is 0 Å². The number of halogens is 1. The molecule has 2 heteroatoms. The normalized spacial score (nSPS) is 10.8. The molecule has 0 aromatic heterocycles. The molecule has 0 aliphatic heterocycles. The molecule has 90 valence electrons. The van der Waals surface area contributed by atoms with Crippen LogP contribution in [0.2, 0.25) is 0 Å². The van der Waals surface area contributed by atoms with Crippen LogP contribution in [0.25, 0.3) is 6.08 Å². The lowest BCUT2D eigenvalue weighted by atomic mass is 10.1. The fourth-order valence-electron chi connectivity index (χ4n) is 1.56. The van der Waals surface area contributed by atoms with E-state index in [0.29, 0.717) is 5.56 Å². The number of benzene rings is 2. The third kappa shape index (κ3) is 3.14. The summed E-state index contributed by atoms with van der Waals surface area (Å²) in [5.74, 6) is -0.468. The van der Waals surface area contributed by atoms with Gasteiger partial charge in [0.2, 0.25) is 0 Å². The van der Waals surface area contributed by atoms with Gasteiger partial charge in [0, 0.05) is 5.56 Å². The fourth-order valence-corrected chi connectivity index (χ4v) is 1.56. The predicted molar refractivity (Wildman–Crippen MR) is 70.9 cm³/mol. The van der Waals surface area contributed by atoms with Crippen LogP contribution in [0.1, 0.15) is 21.5 Å². The summed E-state index contributed by atoms with van der Waals surface area (Å²) in [6.45, 7) is 2.01. The Balaban J connectivity index is 2.11. The van der Waals surface area contributed by atoms with Crippen molar-refractivity contribution in [2.75, 3.05) is 0 Å². The Kier molecular flexibility index (Phi) is 3.68. The highest BCUT2D eigenvalue weighted by Crippen LogP contribution is 2.08. The average Bonchev–Trinajstić information content (AvgIpc) is 2.38. The summed E-state index contributed by atoms with van der Waals surface area (Å²) < 4.78 is 12.7. The number of hydrogen-bond acceptors (Lipinski definition) is 1. The molecule has 0 unspecified atom stereocenters. The van der Waals surface area contributed by atoms with Crippen LogP contribution in [0.5, 0.6) is 0 Å². The first-order valence-corrected chi connectivity index (χ1v) is 5.70. The summed E-state index contributed by atoms with van der Waals surface area (Å²) in [5, 5.41) is 0. The van der Waals surface area contributed by atoms with E-state index in [1.54, 1.807) is 6.08 Å². The van der Waals surface area contributed by atoms with Crippen molar-refractivity contribution in [2.45, 2.75) is 6.92 Å². The van der Waals surface area contributed by atoms with E-state index in [9.17, 15) is 9.18 Å². The number of carbonyl (C=O) groups excluding carboxylic acids is 1. The van der Waals surface area contributed by atoms with E-state index < -0.39 is 0 Å². The molecule has 2 rings (SSSR count). The largest absolute Gasteiger partial charge is 0.289 e. The van der Waals surface area contributed by atoms with Crippen molar-refractivity contribution in [3.63, 3.8) is 0 Å². The van der Waals surface area contributed by atoms with Gasteiger partial charge in [-0.3, -0.25) is 4.79 Å². The molecule has 2 aromatic rings. The molecule has 2 aromatic carbocycles. The molecule has 1 nitrogen and oxygen atoms in total. The second-order valence-electron chi connectivity index (χ2n) is 4.12. The van der Waals surface area contributed by atoms with Gasteiger partial charge in [-0.1, -0.05) is 35.9 Å². The van der Waals surface area contributed by atoms with E-state index in [-0.39, 0.29) is 11.6 Å². The third-order valence-corrected chi connectivity index (χ3v) is 2.63. The van der Waals surface area contributed by atoms with E-state index in [1.165, 1.54) is 35.9 Å². The molecular formula is C16H13FO. The number of aryl methyl sites for hydroxylation is 1. The molecule has 18 heavy (non-hydrogen) atoms. The Hall–Kier alpha value is -2.22. The molecular weight excluding hydrogens is 227 g/mol. The molecule has 0 amide bonds. The summed E-state index contributed by atoms with van der Waals surface area (Å²) >= 11 is 0. The standard InChI is InChI=1S/C16H13FO/c1-12-2-4-13(5-3-12)6-11-16(18)14-7-9-15(17)10-8-14/h2-11H,1H3/b11-6-. The van der Waals surface area contributed by atoms with Gasteiger partial charge in [0.1, 0.15) is 5.82 Å². The fraction of sp³-hybridized carbons (Fsp3) is 0.0625. The van der Waals surface area contributed by atoms with Crippen LogP contribution in [0.3, 0.4) is 0 Å². The Morgan fingerprint density at radius 1 is 1.00 bits per heavy atom. The van der Waals surface area contributed by atoms with Gasteiger partial charge in [-0.2, -0.15) is 0 Å². The lowest BCUT2D eigenvalue weighted by molar-refractivity contribution is 0.104.